The van der Waals surface area contributed by atoms with Crippen LogP contribution in [0.4, 0.5) is 5.69 Å². The Morgan fingerprint density at radius 2 is 1.78 bits per heavy atom. The molecule has 0 amide bonds. The van der Waals surface area contributed by atoms with Gasteiger partial charge in [0.1, 0.15) is 4.60 Å². The van der Waals surface area contributed by atoms with Gasteiger partial charge in [-0.2, -0.15) is 0 Å². The summed E-state index contributed by atoms with van der Waals surface area (Å²) in [5.74, 6) is 0. The van der Waals surface area contributed by atoms with Crippen LogP contribution >= 0.6 is 31.9 Å². The zero-order valence-electron chi connectivity index (χ0n) is 10.3. The predicted octanol–water partition coefficient (Wildman–Crippen LogP) is 4.84. The maximum atomic E-state index is 4.40. The van der Waals surface area contributed by atoms with Crippen molar-refractivity contribution in [2.75, 3.05) is 5.32 Å². The van der Waals surface area contributed by atoms with Crippen molar-refractivity contribution in [1.82, 2.24) is 4.98 Å². The lowest BCUT2D eigenvalue weighted by molar-refractivity contribution is 1.03. The molecule has 1 aromatic carbocycles. The molecule has 0 aliphatic carbocycles. The van der Waals surface area contributed by atoms with Crippen LogP contribution in [0.2, 0.25) is 0 Å². The number of benzene rings is 1. The molecule has 0 bridgehead atoms. The molecule has 0 aliphatic rings. The zero-order valence-corrected chi connectivity index (χ0v) is 13.5. The SMILES string of the molecule is Cc1cc(NCc2cccc(Br)n2)cc(C)c1Br. The van der Waals surface area contributed by atoms with Crippen LogP contribution in [-0.2, 0) is 6.54 Å². The Hall–Kier alpha value is -0.870. The molecule has 0 saturated heterocycles. The summed E-state index contributed by atoms with van der Waals surface area (Å²) in [6.45, 7) is 4.92. The number of hydrogen-bond donors (Lipinski definition) is 1. The fourth-order valence-electron chi connectivity index (χ4n) is 1.79. The van der Waals surface area contributed by atoms with Gasteiger partial charge in [0.15, 0.2) is 0 Å². The molecular formula is C14H14Br2N2. The highest BCUT2D eigenvalue weighted by Crippen LogP contribution is 2.25. The van der Waals surface area contributed by atoms with E-state index in [1.54, 1.807) is 0 Å². The van der Waals surface area contributed by atoms with E-state index in [4.69, 9.17) is 0 Å². The Morgan fingerprint density at radius 1 is 1.11 bits per heavy atom. The van der Waals surface area contributed by atoms with Gasteiger partial charge in [-0.1, -0.05) is 22.0 Å². The van der Waals surface area contributed by atoms with Crippen LogP contribution in [0.5, 0.6) is 0 Å². The van der Waals surface area contributed by atoms with Crippen LogP contribution in [0.3, 0.4) is 0 Å². The quantitative estimate of drug-likeness (QED) is 0.783. The topological polar surface area (TPSA) is 24.9 Å². The van der Waals surface area contributed by atoms with Crippen molar-refractivity contribution in [1.29, 1.82) is 0 Å². The van der Waals surface area contributed by atoms with Crippen LogP contribution in [0, 0.1) is 13.8 Å². The number of nitrogens with one attached hydrogen (secondary N) is 1. The Morgan fingerprint density at radius 3 is 2.39 bits per heavy atom. The van der Waals surface area contributed by atoms with Gasteiger partial charge >= 0.3 is 0 Å². The van der Waals surface area contributed by atoms with Crippen molar-refractivity contribution in [2.24, 2.45) is 0 Å². The molecule has 0 unspecified atom stereocenters. The second-order valence-corrected chi connectivity index (χ2v) is 5.83. The third-order valence-corrected chi connectivity index (χ3v) is 4.38. The highest BCUT2D eigenvalue weighted by atomic mass is 79.9. The normalized spacial score (nSPS) is 10.4. The minimum absolute atomic E-state index is 0.722. The van der Waals surface area contributed by atoms with E-state index in [0.29, 0.717) is 0 Å². The summed E-state index contributed by atoms with van der Waals surface area (Å²) in [6, 6.07) is 10.2. The van der Waals surface area contributed by atoms with E-state index < -0.39 is 0 Å². The third-order valence-electron chi connectivity index (χ3n) is 2.68. The molecule has 18 heavy (non-hydrogen) atoms. The van der Waals surface area contributed by atoms with Crippen LogP contribution in [0.25, 0.3) is 0 Å². The number of pyridine rings is 1. The Balaban J connectivity index is 2.11. The molecule has 2 rings (SSSR count). The fraction of sp³-hybridized carbons (Fsp3) is 0.214. The number of anilines is 1. The van der Waals surface area contributed by atoms with Crippen LogP contribution in [-0.4, -0.2) is 4.98 Å². The first kappa shape index (κ1) is 13.6. The lowest BCUT2D eigenvalue weighted by Gasteiger charge is -2.10. The highest BCUT2D eigenvalue weighted by molar-refractivity contribution is 9.10. The second kappa shape index (κ2) is 5.85. The van der Waals surface area contributed by atoms with Gasteiger partial charge in [-0.25, -0.2) is 4.98 Å². The molecule has 0 aliphatic heterocycles. The molecule has 0 fully saturated rings. The van der Waals surface area contributed by atoms with E-state index in [9.17, 15) is 0 Å². The first-order valence-corrected chi connectivity index (χ1v) is 7.27. The van der Waals surface area contributed by atoms with Crippen molar-refractivity contribution in [3.05, 3.63) is 56.2 Å². The summed E-state index contributed by atoms with van der Waals surface area (Å²) < 4.78 is 2.04. The third kappa shape index (κ3) is 3.33. The van der Waals surface area contributed by atoms with Gasteiger partial charge in [-0.15, -0.1) is 0 Å². The first-order chi connectivity index (χ1) is 8.56. The summed E-state index contributed by atoms with van der Waals surface area (Å²) in [7, 11) is 0. The standard InChI is InChI=1S/C14H14Br2N2/c1-9-6-12(7-10(2)14(9)16)17-8-11-4-3-5-13(15)18-11/h3-7,17H,8H2,1-2H3. The molecule has 94 valence electrons. The molecule has 1 heterocycles. The summed E-state index contributed by atoms with van der Waals surface area (Å²) in [6.07, 6.45) is 0. The smallest absolute Gasteiger partial charge is 0.106 e. The fourth-order valence-corrected chi connectivity index (χ4v) is 2.40. The maximum Gasteiger partial charge on any atom is 0.106 e. The van der Waals surface area contributed by atoms with Crippen molar-refractivity contribution < 1.29 is 0 Å². The van der Waals surface area contributed by atoms with E-state index >= 15 is 0 Å². The minimum Gasteiger partial charge on any atom is -0.379 e. The van der Waals surface area contributed by atoms with Crippen LogP contribution in [0.15, 0.2) is 39.4 Å². The Labute approximate surface area is 124 Å². The number of rotatable bonds is 3. The van der Waals surface area contributed by atoms with Crippen LogP contribution < -0.4 is 5.32 Å². The lowest BCUT2D eigenvalue weighted by atomic mass is 10.1. The van der Waals surface area contributed by atoms with Gasteiger partial charge < -0.3 is 5.32 Å². The van der Waals surface area contributed by atoms with E-state index in [0.717, 1.165) is 22.5 Å². The molecular weight excluding hydrogens is 356 g/mol. The monoisotopic (exact) mass is 368 g/mol. The predicted molar refractivity (Wildman–Crippen MR) is 82.9 cm³/mol. The molecule has 0 saturated carbocycles. The molecule has 0 atom stereocenters. The summed E-state index contributed by atoms with van der Waals surface area (Å²) in [5.41, 5.74) is 4.61. The molecule has 1 N–H and O–H groups in total. The zero-order chi connectivity index (χ0) is 13.1. The minimum atomic E-state index is 0.722. The number of aromatic nitrogens is 1. The van der Waals surface area contributed by atoms with Crippen molar-refractivity contribution in [3.8, 4) is 0 Å². The first-order valence-electron chi connectivity index (χ1n) is 5.68. The van der Waals surface area contributed by atoms with E-state index in [2.05, 4.69) is 68.1 Å². The lowest BCUT2D eigenvalue weighted by Crippen LogP contribution is -2.02. The van der Waals surface area contributed by atoms with Crippen molar-refractivity contribution in [2.45, 2.75) is 20.4 Å². The average Bonchev–Trinajstić information content (AvgIpc) is 2.33. The number of halogens is 2. The van der Waals surface area contributed by atoms with Gasteiger partial charge in [0, 0.05) is 10.2 Å². The van der Waals surface area contributed by atoms with E-state index in [-0.39, 0.29) is 0 Å². The van der Waals surface area contributed by atoms with E-state index in [1.807, 2.05) is 18.2 Å². The number of aryl methyl sites for hydroxylation is 2. The maximum absolute atomic E-state index is 4.40. The number of nitrogens with zero attached hydrogens (tertiary/aromatic N) is 1. The molecule has 0 spiro atoms. The Kier molecular flexibility index (Phi) is 4.40. The Bertz CT molecular complexity index is 544. The second-order valence-electron chi connectivity index (χ2n) is 4.23. The van der Waals surface area contributed by atoms with Gasteiger partial charge in [-0.3, -0.25) is 0 Å². The average molecular weight is 370 g/mol. The largest absolute Gasteiger partial charge is 0.379 e. The molecule has 0 radical (unpaired) electrons. The van der Waals surface area contributed by atoms with Gasteiger partial charge in [0.25, 0.3) is 0 Å². The van der Waals surface area contributed by atoms with Gasteiger partial charge in [-0.05, 0) is 65.2 Å². The molecule has 2 aromatic rings. The van der Waals surface area contributed by atoms with Crippen LogP contribution in [0.1, 0.15) is 16.8 Å². The molecule has 2 nitrogen and oxygen atoms in total. The molecule has 1 aromatic heterocycles. The van der Waals surface area contributed by atoms with Gasteiger partial charge in [0.05, 0.1) is 12.2 Å². The summed E-state index contributed by atoms with van der Waals surface area (Å²) >= 11 is 6.95. The van der Waals surface area contributed by atoms with Crippen molar-refractivity contribution in [3.63, 3.8) is 0 Å². The molecule has 4 heteroatoms. The van der Waals surface area contributed by atoms with E-state index in [1.165, 1.54) is 15.6 Å². The summed E-state index contributed by atoms with van der Waals surface area (Å²) in [4.78, 5) is 4.40. The van der Waals surface area contributed by atoms with Crippen molar-refractivity contribution >= 4 is 37.5 Å². The van der Waals surface area contributed by atoms with Gasteiger partial charge in [0.2, 0.25) is 0 Å². The highest BCUT2D eigenvalue weighted by Gasteiger charge is 2.02. The summed E-state index contributed by atoms with van der Waals surface area (Å²) in [5, 5.41) is 3.39. The number of hydrogen-bond acceptors (Lipinski definition) is 2.